The Balaban J connectivity index is 2.57. The Hall–Kier alpha value is 0.240. The van der Waals surface area contributed by atoms with Crippen molar-refractivity contribution >= 4 is 21.4 Å². The fraction of sp³-hybridized carbons (Fsp3) is 1.00. The molecule has 1 atom stereocenters. The molecule has 0 amide bonds. The van der Waals surface area contributed by atoms with E-state index in [0.717, 1.165) is 25.7 Å². The lowest BCUT2D eigenvalue weighted by atomic mass is 9.91. The molecule has 1 aliphatic carbocycles. The van der Waals surface area contributed by atoms with E-state index < -0.39 is 14.5 Å². The van der Waals surface area contributed by atoms with Crippen LogP contribution in [0.25, 0.3) is 0 Å². The van der Waals surface area contributed by atoms with Gasteiger partial charge in [-0.25, -0.2) is 8.42 Å². The Morgan fingerprint density at radius 3 is 2.17 bits per heavy atom. The van der Waals surface area contributed by atoms with Crippen LogP contribution in [0.3, 0.4) is 0 Å². The van der Waals surface area contributed by atoms with Gasteiger partial charge in [0.25, 0.3) is 0 Å². The van der Waals surface area contributed by atoms with E-state index in [2.05, 4.69) is 0 Å². The van der Waals surface area contributed by atoms with E-state index >= 15 is 0 Å². The first-order valence-electron chi connectivity index (χ1n) is 4.35. The second kappa shape index (κ2) is 3.97. The van der Waals surface area contributed by atoms with E-state index in [9.17, 15) is 8.42 Å². The Morgan fingerprint density at radius 1 is 1.25 bits per heavy atom. The fourth-order valence-electron chi connectivity index (χ4n) is 1.75. The van der Waals surface area contributed by atoms with Gasteiger partial charge in [-0.05, 0) is 18.8 Å². The van der Waals surface area contributed by atoms with E-state index in [4.69, 9.17) is 11.6 Å². The molecule has 0 aromatic heterocycles. The fourth-order valence-corrected chi connectivity index (χ4v) is 2.97. The first kappa shape index (κ1) is 10.3. The summed E-state index contributed by atoms with van der Waals surface area (Å²) >= 11 is 5.85. The molecule has 0 radical (unpaired) electrons. The molecule has 12 heavy (non-hydrogen) atoms. The van der Waals surface area contributed by atoms with E-state index in [0.29, 0.717) is 0 Å². The third kappa shape index (κ3) is 2.63. The largest absolute Gasteiger partial charge is 0.228 e. The molecular formula is C8H15ClO2S. The molecule has 0 aromatic carbocycles. The summed E-state index contributed by atoms with van der Waals surface area (Å²) in [5, 5.41) is 0. The minimum absolute atomic E-state index is 0.190. The molecule has 0 bridgehead atoms. The van der Waals surface area contributed by atoms with E-state index in [1.807, 2.05) is 0 Å². The van der Waals surface area contributed by atoms with E-state index in [1.165, 1.54) is 12.7 Å². The number of hydrogen-bond donors (Lipinski definition) is 0. The SMILES string of the molecule is CS(=O)(=O)C(Cl)C1CCCCC1. The summed E-state index contributed by atoms with van der Waals surface area (Å²) in [6, 6.07) is 0. The average molecular weight is 211 g/mol. The number of alkyl halides is 1. The van der Waals surface area contributed by atoms with Crippen LogP contribution in [0.4, 0.5) is 0 Å². The molecular weight excluding hydrogens is 196 g/mol. The highest BCUT2D eigenvalue weighted by Crippen LogP contribution is 2.31. The van der Waals surface area contributed by atoms with Gasteiger partial charge in [0, 0.05) is 6.26 Å². The molecule has 0 spiro atoms. The predicted octanol–water partition coefficient (Wildman–Crippen LogP) is 2.18. The highest BCUT2D eigenvalue weighted by molar-refractivity contribution is 7.92. The monoisotopic (exact) mass is 210 g/mol. The lowest BCUT2D eigenvalue weighted by molar-refractivity contribution is 0.372. The second-order valence-corrected chi connectivity index (χ2v) is 6.47. The molecule has 0 aliphatic heterocycles. The molecule has 1 aliphatic rings. The van der Waals surface area contributed by atoms with Crippen molar-refractivity contribution in [3.63, 3.8) is 0 Å². The number of halogens is 1. The first-order chi connectivity index (χ1) is 5.52. The Labute approximate surface area is 79.2 Å². The summed E-state index contributed by atoms with van der Waals surface area (Å²) in [6.45, 7) is 0. The molecule has 1 unspecified atom stereocenters. The van der Waals surface area contributed by atoms with Crippen molar-refractivity contribution in [1.29, 1.82) is 0 Å². The van der Waals surface area contributed by atoms with Crippen molar-refractivity contribution in [3.8, 4) is 0 Å². The molecule has 1 saturated carbocycles. The summed E-state index contributed by atoms with van der Waals surface area (Å²) in [5.74, 6) is 0.190. The van der Waals surface area contributed by atoms with Crippen LogP contribution >= 0.6 is 11.6 Å². The number of hydrogen-bond acceptors (Lipinski definition) is 2. The summed E-state index contributed by atoms with van der Waals surface area (Å²) in [5.41, 5.74) is 0. The topological polar surface area (TPSA) is 34.1 Å². The van der Waals surface area contributed by atoms with E-state index in [1.54, 1.807) is 0 Å². The standard InChI is InChI=1S/C8H15ClO2S/c1-12(10,11)8(9)7-5-3-2-4-6-7/h7-8H,2-6H2,1H3. The molecule has 0 heterocycles. The predicted molar refractivity (Wildman–Crippen MR) is 51.1 cm³/mol. The third-order valence-corrected chi connectivity index (χ3v) is 4.96. The van der Waals surface area contributed by atoms with Gasteiger partial charge in [-0.2, -0.15) is 0 Å². The zero-order chi connectivity index (χ0) is 9.19. The Bertz CT molecular complexity index is 229. The van der Waals surface area contributed by atoms with Crippen molar-refractivity contribution in [1.82, 2.24) is 0 Å². The van der Waals surface area contributed by atoms with Crippen LogP contribution in [-0.2, 0) is 9.84 Å². The maximum absolute atomic E-state index is 11.1. The summed E-state index contributed by atoms with van der Waals surface area (Å²) < 4.78 is 21.5. The van der Waals surface area contributed by atoms with Gasteiger partial charge in [-0.1, -0.05) is 19.3 Å². The highest BCUT2D eigenvalue weighted by Gasteiger charge is 2.28. The second-order valence-electron chi connectivity index (χ2n) is 3.58. The van der Waals surface area contributed by atoms with Crippen molar-refractivity contribution in [3.05, 3.63) is 0 Å². The van der Waals surface area contributed by atoms with Crippen LogP contribution in [0.1, 0.15) is 32.1 Å². The van der Waals surface area contributed by atoms with Crippen molar-refractivity contribution in [2.75, 3.05) is 6.26 Å². The van der Waals surface area contributed by atoms with Gasteiger partial charge < -0.3 is 0 Å². The van der Waals surface area contributed by atoms with Gasteiger partial charge in [-0.3, -0.25) is 0 Å². The molecule has 1 rings (SSSR count). The Kier molecular flexibility index (Phi) is 3.41. The van der Waals surface area contributed by atoms with Gasteiger partial charge in [0.2, 0.25) is 0 Å². The van der Waals surface area contributed by atoms with Gasteiger partial charge in [0.1, 0.15) is 4.71 Å². The van der Waals surface area contributed by atoms with Crippen LogP contribution < -0.4 is 0 Å². The van der Waals surface area contributed by atoms with Gasteiger partial charge in [-0.15, -0.1) is 11.6 Å². The zero-order valence-electron chi connectivity index (χ0n) is 7.29. The van der Waals surface area contributed by atoms with E-state index in [-0.39, 0.29) is 5.92 Å². The van der Waals surface area contributed by atoms with Gasteiger partial charge in [0.15, 0.2) is 9.84 Å². The van der Waals surface area contributed by atoms with Gasteiger partial charge >= 0.3 is 0 Å². The number of rotatable bonds is 2. The molecule has 72 valence electrons. The minimum atomic E-state index is -3.04. The van der Waals surface area contributed by atoms with Crippen molar-refractivity contribution < 1.29 is 8.42 Å². The van der Waals surface area contributed by atoms with Crippen LogP contribution in [0.2, 0.25) is 0 Å². The van der Waals surface area contributed by atoms with Crippen LogP contribution in [0.5, 0.6) is 0 Å². The smallest absolute Gasteiger partial charge is 0.164 e. The van der Waals surface area contributed by atoms with Crippen molar-refractivity contribution in [2.45, 2.75) is 36.8 Å². The first-order valence-corrected chi connectivity index (χ1v) is 6.74. The lowest BCUT2D eigenvalue weighted by Gasteiger charge is -2.24. The molecule has 4 heteroatoms. The average Bonchev–Trinajstić information content (AvgIpc) is 2.03. The summed E-state index contributed by atoms with van der Waals surface area (Å²) in [7, 11) is -3.04. The Morgan fingerprint density at radius 2 is 1.75 bits per heavy atom. The molecule has 0 aromatic rings. The number of sulfone groups is 1. The highest BCUT2D eigenvalue weighted by atomic mass is 35.5. The van der Waals surface area contributed by atoms with Crippen LogP contribution in [0, 0.1) is 5.92 Å². The zero-order valence-corrected chi connectivity index (χ0v) is 8.87. The molecule has 2 nitrogen and oxygen atoms in total. The quantitative estimate of drug-likeness (QED) is 0.655. The maximum atomic E-state index is 11.1. The van der Waals surface area contributed by atoms with Crippen molar-refractivity contribution in [2.24, 2.45) is 5.92 Å². The molecule has 0 N–H and O–H groups in total. The minimum Gasteiger partial charge on any atom is -0.228 e. The molecule has 0 saturated heterocycles. The maximum Gasteiger partial charge on any atom is 0.164 e. The van der Waals surface area contributed by atoms with Gasteiger partial charge in [0.05, 0.1) is 0 Å². The molecule has 1 fully saturated rings. The van der Waals surface area contributed by atoms with Crippen LogP contribution in [0.15, 0.2) is 0 Å². The normalized spacial score (nSPS) is 23.8. The third-order valence-electron chi connectivity index (χ3n) is 2.43. The lowest BCUT2D eigenvalue weighted by Crippen LogP contribution is -2.25. The summed E-state index contributed by atoms with van der Waals surface area (Å²) in [4.78, 5) is 0. The van der Waals surface area contributed by atoms with Crippen LogP contribution in [-0.4, -0.2) is 19.4 Å². The summed E-state index contributed by atoms with van der Waals surface area (Å²) in [6.07, 6.45) is 6.65.